The zero-order valence-corrected chi connectivity index (χ0v) is 11.9. The van der Waals surface area contributed by atoms with E-state index >= 15 is 0 Å². The van der Waals surface area contributed by atoms with Gasteiger partial charge in [-0.25, -0.2) is 0 Å². The topological polar surface area (TPSA) is 35.2 Å². The van der Waals surface area contributed by atoms with Gasteiger partial charge in [0.15, 0.2) is 0 Å². The number of hydrogen-bond donors (Lipinski definition) is 1. The van der Waals surface area contributed by atoms with Crippen LogP contribution in [-0.4, -0.2) is 7.11 Å². The van der Waals surface area contributed by atoms with Crippen molar-refractivity contribution in [1.82, 2.24) is 0 Å². The highest BCUT2D eigenvalue weighted by Crippen LogP contribution is 2.24. The lowest BCUT2D eigenvalue weighted by Gasteiger charge is -2.14. The van der Waals surface area contributed by atoms with Crippen molar-refractivity contribution in [3.63, 3.8) is 0 Å². The first-order valence-electron chi connectivity index (χ1n) is 5.83. The average molecular weight is 306 g/mol. The number of benzene rings is 2. The fourth-order valence-corrected chi connectivity index (χ4v) is 2.38. The molecule has 0 aliphatic heterocycles. The van der Waals surface area contributed by atoms with Gasteiger partial charge in [-0.2, -0.15) is 0 Å². The molecule has 2 N–H and O–H groups in total. The zero-order chi connectivity index (χ0) is 13.0. The molecular weight excluding hydrogens is 290 g/mol. The highest BCUT2D eigenvalue weighted by Gasteiger charge is 2.10. The molecule has 0 amide bonds. The van der Waals surface area contributed by atoms with Crippen LogP contribution < -0.4 is 10.5 Å². The lowest BCUT2D eigenvalue weighted by Crippen LogP contribution is -2.13. The molecule has 94 valence electrons. The van der Waals surface area contributed by atoms with Gasteiger partial charge in [-0.3, -0.25) is 0 Å². The number of methoxy groups -OCH3 is 1. The molecule has 0 aromatic heterocycles. The molecule has 2 aromatic rings. The van der Waals surface area contributed by atoms with Crippen molar-refractivity contribution in [1.29, 1.82) is 0 Å². The summed E-state index contributed by atoms with van der Waals surface area (Å²) < 4.78 is 6.39. The van der Waals surface area contributed by atoms with E-state index in [9.17, 15) is 0 Å². The van der Waals surface area contributed by atoms with Gasteiger partial charge in [-0.05, 0) is 35.7 Å². The highest BCUT2D eigenvalue weighted by atomic mass is 79.9. The maximum absolute atomic E-state index is 6.24. The molecule has 0 aliphatic carbocycles. The van der Waals surface area contributed by atoms with Crippen LogP contribution in [0.5, 0.6) is 5.75 Å². The Labute approximate surface area is 116 Å². The molecule has 0 bridgehead atoms. The SMILES string of the molecule is COc1ccccc1CC(N)c1cccc(Br)c1. The van der Waals surface area contributed by atoms with Crippen LogP contribution in [0.25, 0.3) is 0 Å². The van der Waals surface area contributed by atoms with Crippen LogP contribution in [0.2, 0.25) is 0 Å². The predicted octanol–water partition coefficient (Wildman–Crippen LogP) is 3.70. The number of rotatable bonds is 4. The largest absolute Gasteiger partial charge is 0.496 e. The quantitative estimate of drug-likeness (QED) is 0.935. The Morgan fingerprint density at radius 1 is 1.17 bits per heavy atom. The van der Waals surface area contributed by atoms with Gasteiger partial charge >= 0.3 is 0 Å². The van der Waals surface area contributed by atoms with E-state index in [4.69, 9.17) is 10.5 Å². The van der Waals surface area contributed by atoms with E-state index in [1.54, 1.807) is 7.11 Å². The third kappa shape index (κ3) is 3.12. The van der Waals surface area contributed by atoms with E-state index in [0.717, 1.165) is 27.8 Å². The molecule has 2 aromatic carbocycles. The maximum atomic E-state index is 6.24. The molecule has 1 unspecified atom stereocenters. The summed E-state index contributed by atoms with van der Waals surface area (Å²) in [6.45, 7) is 0. The minimum absolute atomic E-state index is 0.0289. The molecule has 0 saturated heterocycles. The maximum Gasteiger partial charge on any atom is 0.122 e. The number of para-hydroxylation sites is 1. The van der Waals surface area contributed by atoms with Crippen LogP contribution in [-0.2, 0) is 6.42 Å². The average Bonchev–Trinajstić information content (AvgIpc) is 2.39. The Kier molecular flexibility index (Phi) is 4.39. The summed E-state index contributed by atoms with van der Waals surface area (Å²) in [7, 11) is 1.68. The van der Waals surface area contributed by atoms with Gasteiger partial charge in [-0.15, -0.1) is 0 Å². The fourth-order valence-electron chi connectivity index (χ4n) is 1.96. The number of halogens is 1. The minimum atomic E-state index is -0.0289. The molecule has 1 atom stereocenters. The number of nitrogens with two attached hydrogens (primary N) is 1. The highest BCUT2D eigenvalue weighted by molar-refractivity contribution is 9.10. The summed E-state index contributed by atoms with van der Waals surface area (Å²) in [5, 5.41) is 0. The Morgan fingerprint density at radius 2 is 1.94 bits per heavy atom. The monoisotopic (exact) mass is 305 g/mol. The standard InChI is InChI=1S/C15H16BrNO/c1-18-15-8-3-2-5-12(15)10-14(17)11-6-4-7-13(16)9-11/h2-9,14H,10,17H2,1H3. The summed E-state index contributed by atoms with van der Waals surface area (Å²) in [5.41, 5.74) is 8.50. The Hall–Kier alpha value is -1.32. The van der Waals surface area contributed by atoms with E-state index in [1.165, 1.54) is 0 Å². The van der Waals surface area contributed by atoms with Gasteiger partial charge in [0.1, 0.15) is 5.75 Å². The smallest absolute Gasteiger partial charge is 0.122 e. The van der Waals surface area contributed by atoms with Gasteiger partial charge in [0, 0.05) is 10.5 Å². The van der Waals surface area contributed by atoms with E-state index < -0.39 is 0 Å². The first-order chi connectivity index (χ1) is 8.70. The second-order valence-corrected chi connectivity index (χ2v) is 5.09. The molecule has 2 rings (SSSR count). The number of ether oxygens (including phenoxy) is 1. The van der Waals surface area contributed by atoms with Crippen LogP contribution >= 0.6 is 15.9 Å². The third-order valence-corrected chi connectivity index (χ3v) is 3.40. The fraction of sp³-hybridized carbons (Fsp3) is 0.200. The zero-order valence-electron chi connectivity index (χ0n) is 10.3. The Bertz CT molecular complexity index is 527. The molecule has 0 saturated carbocycles. The molecule has 18 heavy (non-hydrogen) atoms. The van der Waals surface area contributed by atoms with Crippen LogP contribution in [0, 0.1) is 0 Å². The molecule has 3 heteroatoms. The summed E-state index contributed by atoms with van der Waals surface area (Å²) in [4.78, 5) is 0. The van der Waals surface area contributed by atoms with Crippen LogP contribution in [0.15, 0.2) is 53.0 Å². The molecule has 0 spiro atoms. The summed E-state index contributed by atoms with van der Waals surface area (Å²) in [6.07, 6.45) is 0.764. The van der Waals surface area contributed by atoms with Gasteiger partial charge in [0.25, 0.3) is 0 Å². The Morgan fingerprint density at radius 3 is 2.67 bits per heavy atom. The van der Waals surface area contributed by atoms with Gasteiger partial charge in [-0.1, -0.05) is 46.3 Å². The summed E-state index contributed by atoms with van der Waals surface area (Å²) >= 11 is 3.46. The van der Waals surface area contributed by atoms with Gasteiger partial charge in [0.05, 0.1) is 7.11 Å². The van der Waals surface area contributed by atoms with Crippen molar-refractivity contribution in [3.8, 4) is 5.75 Å². The molecular formula is C15H16BrNO. The molecule has 0 heterocycles. The van der Waals surface area contributed by atoms with Gasteiger partial charge < -0.3 is 10.5 Å². The number of hydrogen-bond acceptors (Lipinski definition) is 2. The van der Waals surface area contributed by atoms with Crippen molar-refractivity contribution in [3.05, 3.63) is 64.1 Å². The van der Waals surface area contributed by atoms with Crippen molar-refractivity contribution in [2.75, 3.05) is 7.11 Å². The summed E-state index contributed by atoms with van der Waals surface area (Å²) in [5.74, 6) is 0.892. The lowest BCUT2D eigenvalue weighted by molar-refractivity contribution is 0.408. The molecule has 0 fully saturated rings. The van der Waals surface area contributed by atoms with E-state index in [2.05, 4.69) is 28.1 Å². The lowest BCUT2D eigenvalue weighted by atomic mass is 9.99. The first kappa shape index (κ1) is 13.1. The molecule has 2 nitrogen and oxygen atoms in total. The second kappa shape index (κ2) is 6.03. The van der Waals surface area contributed by atoms with Crippen molar-refractivity contribution >= 4 is 15.9 Å². The third-order valence-electron chi connectivity index (χ3n) is 2.91. The van der Waals surface area contributed by atoms with E-state index in [1.807, 2.05) is 36.4 Å². The molecule has 0 radical (unpaired) electrons. The Balaban J connectivity index is 2.18. The van der Waals surface area contributed by atoms with Crippen molar-refractivity contribution < 1.29 is 4.74 Å². The van der Waals surface area contributed by atoms with Crippen molar-refractivity contribution in [2.24, 2.45) is 5.73 Å². The van der Waals surface area contributed by atoms with Gasteiger partial charge in [0.2, 0.25) is 0 Å². The van der Waals surface area contributed by atoms with E-state index in [-0.39, 0.29) is 6.04 Å². The van der Waals surface area contributed by atoms with E-state index in [0.29, 0.717) is 0 Å². The minimum Gasteiger partial charge on any atom is -0.496 e. The normalized spacial score (nSPS) is 12.2. The second-order valence-electron chi connectivity index (χ2n) is 4.18. The van der Waals surface area contributed by atoms with Crippen LogP contribution in [0.3, 0.4) is 0 Å². The first-order valence-corrected chi connectivity index (χ1v) is 6.63. The van der Waals surface area contributed by atoms with Crippen molar-refractivity contribution in [2.45, 2.75) is 12.5 Å². The van der Waals surface area contributed by atoms with Crippen LogP contribution in [0.4, 0.5) is 0 Å². The molecule has 0 aliphatic rings. The summed E-state index contributed by atoms with van der Waals surface area (Å²) in [6, 6.07) is 16.1. The predicted molar refractivity (Wildman–Crippen MR) is 77.8 cm³/mol. The van der Waals surface area contributed by atoms with Crippen LogP contribution in [0.1, 0.15) is 17.2 Å².